The summed E-state index contributed by atoms with van der Waals surface area (Å²) in [5, 5.41) is 18.3. The summed E-state index contributed by atoms with van der Waals surface area (Å²) in [5.74, 6) is -1.37. The van der Waals surface area contributed by atoms with E-state index in [1.54, 1.807) is 25.4 Å². The second-order valence-electron chi connectivity index (χ2n) is 13.3. The van der Waals surface area contributed by atoms with Gasteiger partial charge in [0.25, 0.3) is 0 Å². The number of hydrogen-bond acceptors (Lipinski definition) is 9. The average Bonchev–Trinajstić information content (AvgIpc) is 3.47. The van der Waals surface area contributed by atoms with Gasteiger partial charge in [0.1, 0.15) is 11.1 Å². The first-order valence-corrected chi connectivity index (χ1v) is 19.0. The molecule has 0 aliphatic carbocycles. The number of H-pyrrole nitrogens is 1. The van der Waals surface area contributed by atoms with Gasteiger partial charge in [0.2, 0.25) is 11.8 Å². The van der Waals surface area contributed by atoms with Crippen LogP contribution in [0.25, 0.3) is 10.9 Å². The van der Waals surface area contributed by atoms with Crippen molar-refractivity contribution in [1.29, 1.82) is 5.26 Å². The number of Topliss-reactive ketones (excluding diaryl/α,β-unsaturated/α-hetero) is 1. The van der Waals surface area contributed by atoms with Crippen molar-refractivity contribution in [2.45, 2.75) is 87.0 Å². The first kappa shape index (κ1) is 39.0. The molecule has 0 radical (unpaired) electrons. The third kappa shape index (κ3) is 9.40. The van der Waals surface area contributed by atoms with Crippen molar-refractivity contribution < 1.29 is 14.4 Å². The maximum Gasteiger partial charge on any atom is 0.243 e. The number of aromatic amines is 1. The fourth-order valence-corrected chi connectivity index (χ4v) is 8.16. The first-order valence-electron chi connectivity index (χ1n) is 17.8. The molecule has 1 aliphatic heterocycles. The number of amides is 2. The number of hydrogen-bond donors (Lipinski definition) is 5. The number of aryl methyl sites for hydroxylation is 1. The van der Waals surface area contributed by atoms with Gasteiger partial charge in [-0.25, -0.2) is 4.98 Å². The molecule has 0 fully saturated rings. The topological polar surface area (TPSA) is 183 Å². The van der Waals surface area contributed by atoms with Crippen LogP contribution in [0, 0.1) is 24.2 Å². The number of fused-ring (bicyclic) bond motifs is 3. The number of pyridine rings is 1. The Morgan fingerprint density at radius 3 is 2.58 bits per heavy atom. The minimum absolute atomic E-state index is 0.0169. The zero-order valence-electron chi connectivity index (χ0n) is 29.7. The number of likely N-dealkylation sites (N-methyl/N-ethyl adjacent to an activating group) is 1. The van der Waals surface area contributed by atoms with Crippen molar-refractivity contribution in [2.75, 3.05) is 20.1 Å². The summed E-state index contributed by atoms with van der Waals surface area (Å²) in [4.78, 5) is 53.2. The molecule has 2 amide bonds. The molecule has 3 atom stereocenters. The Morgan fingerprint density at radius 1 is 1.02 bits per heavy atom. The number of ketones is 1. The summed E-state index contributed by atoms with van der Waals surface area (Å²) in [6.07, 6.45) is 4.92. The standard InChI is InChI=1S/C39H47ClN8O3S/c1-24-30(29-11-3-4-12-32(29)47-24)20-34-37(50)46-23-28-17-25(21-43)18-31(40)36(28)52-38-27(10-8-16-44-38)22-45-33(13-7-15-42)35(49)19-26(9-5-6-14-41)39(51)48(34)2/h3-4,8,10-12,16-18,26,33-34,45,47H,5-7,9,13-15,19-20,22-23,41-42H2,1-2H3,(H,46,50)/t26-,33+,34+/m1/s1. The van der Waals surface area contributed by atoms with E-state index in [9.17, 15) is 19.6 Å². The minimum atomic E-state index is -0.910. The first-order chi connectivity index (χ1) is 25.1. The highest BCUT2D eigenvalue weighted by Crippen LogP contribution is 2.38. The Morgan fingerprint density at radius 2 is 1.81 bits per heavy atom. The van der Waals surface area contributed by atoms with E-state index in [0.717, 1.165) is 27.7 Å². The van der Waals surface area contributed by atoms with Crippen molar-refractivity contribution in [3.63, 3.8) is 0 Å². The summed E-state index contributed by atoms with van der Waals surface area (Å²) in [5.41, 5.74) is 16.3. The number of carbonyl (C=O) groups excluding carboxylic acids is 3. The normalized spacial score (nSPS) is 19.1. The lowest BCUT2D eigenvalue weighted by atomic mass is 9.90. The summed E-state index contributed by atoms with van der Waals surface area (Å²) in [6.45, 7) is 3.25. The monoisotopic (exact) mass is 742 g/mol. The van der Waals surface area contributed by atoms with Crippen LogP contribution >= 0.6 is 23.4 Å². The van der Waals surface area contributed by atoms with Gasteiger partial charge in [-0.1, -0.05) is 54.0 Å². The average molecular weight is 743 g/mol. The SMILES string of the molecule is Cc1[nH]c2ccccc2c1C[C@H]1C(=O)NCc2cc(C#N)cc(Cl)c2Sc2ncccc2CN[C@@H](CCCN)C(=O)C[C@@H](CCCCN)C(=O)N1C. The quantitative estimate of drug-likeness (QED) is 0.145. The lowest BCUT2D eigenvalue weighted by Crippen LogP contribution is -2.51. The van der Waals surface area contributed by atoms with E-state index in [4.69, 9.17) is 23.1 Å². The number of nitrogens with zero attached hydrogens (tertiary/aromatic N) is 3. The van der Waals surface area contributed by atoms with Gasteiger partial charge in [-0.2, -0.15) is 5.26 Å². The smallest absolute Gasteiger partial charge is 0.243 e. The number of aromatic nitrogens is 2. The minimum Gasteiger partial charge on any atom is -0.358 e. The molecule has 274 valence electrons. The molecule has 0 saturated carbocycles. The van der Waals surface area contributed by atoms with E-state index in [2.05, 4.69) is 26.7 Å². The van der Waals surface area contributed by atoms with E-state index >= 15 is 0 Å². The molecule has 2 aromatic heterocycles. The van der Waals surface area contributed by atoms with Crippen LogP contribution < -0.4 is 22.1 Å². The number of para-hydroxylation sites is 1. The van der Waals surface area contributed by atoms with E-state index in [-0.39, 0.29) is 37.0 Å². The fourth-order valence-electron chi connectivity index (χ4n) is 6.81. The van der Waals surface area contributed by atoms with Crippen LogP contribution in [0.1, 0.15) is 66.5 Å². The Labute approximate surface area is 314 Å². The van der Waals surface area contributed by atoms with E-state index in [0.29, 0.717) is 77.8 Å². The molecular formula is C39H47ClN8O3S. The fraction of sp³-hybridized carbons (Fsp3) is 0.410. The highest BCUT2D eigenvalue weighted by atomic mass is 35.5. The number of rotatable bonds is 9. The number of unbranched alkanes of at least 4 members (excludes halogenated alkanes) is 1. The molecule has 4 aromatic rings. The van der Waals surface area contributed by atoms with Crippen molar-refractivity contribution in [3.05, 3.63) is 87.7 Å². The van der Waals surface area contributed by atoms with Crippen LogP contribution in [0.5, 0.6) is 0 Å². The lowest BCUT2D eigenvalue weighted by molar-refractivity contribution is -0.143. The van der Waals surface area contributed by atoms with Gasteiger partial charge in [0.05, 0.1) is 22.7 Å². The van der Waals surface area contributed by atoms with Gasteiger partial charge < -0.3 is 32.0 Å². The van der Waals surface area contributed by atoms with Gasteiger partial charge in [0, 0.05) is 66.6 Å². The summed E-state index contributed by atoms with van der Waals surface area (Å²) in [6, 6.07) is 15.7. The third-order valence-electron chi connectivity index (χ3n) is 9.72. The van der Waals surface area contributed by atoms with Crippen molar-refractivity contribution in [2.24, 2.45) is 17.4 Å². The molecule has 7 N–H and O–H groups in total. The second-order valence-corrected chi connectivity index (χ2v) is 14.7. The highest BCUT2D eigenvalue weighted by Gasteiger charge is 2.35. The Hall–Kier alpha value is -4.25. The number of nitrogens with one attached hydrogen (secondary N) is 3. The van der Waals surface area contributed by atoms with Crippen molar-refractivity contribution >= 4 is 51.9 Å². The van der Waals surface area contributed by atoms with Gasteiger partial charge in [-0.3, -0.25) is 14.4 Å². The Balaban J connectivity index is 1.60. The second kappa shape index (κ2) is 18.5. The van der Waals surface area contributed by atoms with Crippen LogP contribution in [-0.2, 0) is 33.9 Å². The molecule has 0 saturated heterocycles. The van der Waals surface area contributed by atoms with Crippen molar-refractivity contribution in [1.82, 2.24) is 25.5 Å². The predicted molar refractivity (Wildman–Crippen MR) is 205 cm³/mol. The van der Waals surface area contributed by atoms with Gasteiger partial charge in [-0.15, -0.1) is 0 Å². The zero-order valence-corrected chi connectivity index (χ0v) is 31.3. The molecule has 1 aliphatic rings. The zero-order chi connectivity index (χ0) is 37.2. The molecule has 52 heavy (non-hydrogen) atoms. The van der Waals surface area contributed by atoms with E-state index in [1.165, 1.54) is 16.7 Å². The Kier molecular flexibility index (Phi) is 13.9. The predicted octanol–water partition coefficient (Wildman–Crippen LogP) is 5.15. The maximum absolute atomic E-state index is 14.5. The molecule has 2 aromatic carbocycles. The van der Waals surface area contributed by atoms with Crippen LogP contribution in [0.4, 0.5) is 0 Å². The molecule has 0 unspecified atom stereocenters. The van der Waals surface area contributed by atoms with E-state index in [1.807, 2.05) is 43.3 Å². The number of nitrogens with two attached hydrogens (primary N) is 2. The van der Waals surface area contributed by atoms with Crippen LogP contribution in [-0.4, -0.2) is 64.7 Å². The molecule has 3 heterocycles. The summed E-state index contributed by atoms with van der Waals surface area (Å²) >= 11 is 8.15. The maximum atomic E-state index is 14.5. The van der Waals surface area contributed by atoms with Crippen LogP contribution in [0.3, 0.4) is 0 Å². The summed E-state index contributed by atoms with van der Waals surface area (Å²) in [7, 11) is 1.65. The molecule has 0 spiro atoms. The van der Waals surface area contributed by atoms with Gasteiger partial charge in [-0.05, 0) is 86.7 Å². The van der Waals surface area contributed by atoms with Crippen LogP contribution in [0.15, 0.2) is 64.6 Å². The third-order valence-corrected chi connectivity index (χ3v) is 11.4. The number of carbonyl (C=O) groups is 3. The summed E-state index contributed by atoms with van der Waals surface area (Å²) < 4.78 is 0. The largest absolute Gasteiger partial charge is 0.358 e. The number of halogens is 1. The molecule has 11 nitrogen and oxygen atoms in total. The number of nitriles is 1. The van der Waals surface area contributed by atoms with Gasteiger partial charge in [0.15, 0.2) is 5.78 Å². The highest BCUT2D eigenvalue weighted by molar-refractivity contribution is 7.99. The van der Waals surface area contributed by atoms with Gasteiger partial charge >= 0.3 is 0 Å². The van der Waals surface area contributed by atoms with E-state index < -0.39 is 18.0 Å². The Bertz CT molecular complexity index is 1940. The molecule has 13 heteroatoms. The molecule has 5 rings (SSSR count). The van der Waals surface area contributed by atoms with Crippen LogP contribution in [0.2, 0.25) is 5.02 Å². The molecular weight excluding hydrogens is 696 g/mol. The van der Waals surface area contributed by atoms with Crippen molar-refractivity contribution in [3.8, 4) is 6.07 Å². The molecule has 0 bridgehead atoms. The number of benzene rings is 2. The lowest BCUT2D eigenvalue weighted by Gasteiger charge is -2.31.